The molecule has 0 aliphatic carbocycles. The van der Waals surface area contributed by atoms with Crippen molar-refractivity contribution in [3.8, 4) is 17.1 Å². The first-order valence-corrected chi connectivity index (χ1v) is 14.4. The predicted octanol–water partition coefficient (Wildman–Crippen LogP) is 6.44. The van der Waals surface area contributed by atoms with Gasteiger partial charge in [-0.3, -0.25) is 0 Å². The number of aryl methyl sites for hydroxylation is 2. The van der Waals surface area contributed by atoms with Crippen molar-refractivity contribution in [3.63, 3.8) is 0 Å². The number of ether oxygens (including phenoxy) is 1. The first kappa shape index (κ1) is 26.9. The highest BCUT2D eigenvalue weighted by Gasteiger charge is 2.34. The normalized spacial score (nSPS) is 16.5. The van der Waals surface area contributed by atoms with Gasteiger partial charge in [-0.15, -0.1) is 0 Å². The van der Waals surface area contributed by atoms with Gasteiger partial charge in [0.15, 0.2) is 0 Å². The van der Waals surface area contributed by atoms with Gasteiger partial charge in [0, 0.05) is 29.3 Å². The van der Waals surface area contributed by atoms with E-state index in [2.05, 4.69) is 47.7 Å². The summed E-state index contributed by atoms with van der Waals surface area (Å²) < 4.78 is 35.6. The van der Waals surface area contributed by atoms with Crippen LogP contribution in [0.15, 0.2) is 53.4 Å². The van der Waals surface area contributed by atoms with Gasteiger partial charge < -0.3 is 10.1 Å². The third kappa shape index (κ3) is 6.42. The molecule has 7 nitrogen and oxygen atoms in total. The van der Waals surface area contributed by atoms with Crippen molar-refractivity contribution in [2.75, 3.05) is 23.2 Å². The molecule has 198 valence electrons. The molecular weight excluding hydrogens is 484 g/mol. The van der Waals surface area contributed by atoms with Gasteiger partial charge in [0.25, 0.3) is 10.0 Å². The van der Waals surface area contributed by atoms with Crippen LogP contribution in [0.3, 0.4) is 0 Å². The van der Waals surface area contributed by atoms with Crippen LogP contribution in [-0.2, 0) is 10.0 Å². The number of fused-ring (bicyclic) bond motifs is 4. The first-order chi connectivity index (χ1) is 17.5. The molecule has 1 aliphatic heterocycles. The number of benzene rings is 2. The zero-order valence-electron chi connectivity index (χ0n) is 22.6. The summed E-state index contributed by atoms with van der Waals surface area (Å²) in [6.07, 6.45) is 1.91. The Balaban J connectivity index is 1.88. The highest BCUT2D eigenvalue weighted by atomic mass is 32.2. The second-order valence-electron chi connectivity index (χ2n) is 11.2. The molecule has 0 amide bonds. The SMILES string of the molecule is Cc1cccc(C)c1-c1cc2nc(n1)NS(=O)(=O)c1cccc(c1)NCC(CC(C)C)(CC(C)C)CO2. The van der Waals surface area contributed by atoms with Gasteiger partial charge in [0.05, 0.1) is 17.2 Å². The van der Waals surface area contributed by atoms with Crippen LogP contribution in [0.4, 0.5) is 11.6 Å². The van der Waals surface area contributed by atoms with Gasteiger partial charge in [0.2, 0.25) is 11.8 Å². The van der Waals surface area contributed by atoms with E-state index < -0.39 is 10.0 Å². The maximum absolute atomic E-state index is 13.3. The Kier molecular flexibility index (Phi) is 7.78. The molecule has 0 unspecified atom stereocenters. The fourth-order valence-electron chi connectivity index (χ4n) is 5.49. The van der Waals surface area contributed by atoms with E-state index in [1.165, 1.54) is 0 Å². The number of sulfonamides is 1. The summed E-state index contributed by atoms with van der Waals surface area (Å²) in [4.78, 5) is 9.27. The Bertz CT molecular complexity index is 1340. The summed E-state index contributed by atoms with van der Waals surface area (Å²) in [5.74, 6) is 1.26. The van der Waals surface area contributed by atoms with Crippen molar-refractivity contribution in [1.29, 1.82) is 0 Å². The Morgan fingerprint density at radius 1 is 0.946 bits per heavy atom. The number of nitrogens with zero attached hydrogens (tertiary/aromatic N) is 2. The second-order valence-corrected chi connectivity index (χ2v) is 12.8. The topological polar surface area (TPSA) is 93.2 Å². The summed E-state index contributed by atoms with van der Waals surface area (Å²) in [6, 6.07) is 14.7. The molecule has 3 aromatic rings. The van der Waals surface area contributed by atoms with E-state index in [0.29, 0.717) is 36.6 Å². The third-order valence-electron chi connectivity index (χ3n) is 6.69. The lowest BCUT2D eigenvalue weighted by molar-refractivity contribution is 0.101. The van der Waals surface area contributed by atoms with E-state index in [9.17, 15) is 8.42 Å². The minimum atomic E-state index is -3.92. The molecule has 0 saturated heterocycles. The van der Waals surface area contributed by atoms with Crippen LogP contribution in [0, 0.1) is 31.1 Å². The number of aromatic nitrogens is 2. The molecule has 37 heavy (non-hydrogen) atoms. The number of hydrogen-bond acceptors (Lipinski definition) is 6. The molecule has 1 aliphatic rings. The van der Waals surface area contributed by atoms with Gasteiger partial charge in [0.1, 0.15) is 0 Å². The summed E-state index contributed by atoms with van der Waals surface area (Å²) in [5.41, 5.74) is 4.23. The van der Waals surface area contributed by atoms with Crippen LogP contribution in [0.1, 0.15) is 51.7 Å². The first-order valence-electron chi connectivity index (χ1n) is 12.9. The molecule has 4 bridgehead atoms. The summed E-state index contributed by atoms with van der Waals surface area (Å²) in [6.45, 7) is 14.0. The van der Waals surface area contributed by atoms with E-state index in [4.69, 9.17) is 4.74 Å². The van der Waals surface area contributed by atoms with Gasteiger partial charge in [-0.25, -0.2) is 18.1 Å². The Morgan fingerprint density at radius 3 is 2.24 bits per heavy atom. The molecule has 2 heterocycles. The molecule has 0 radical (unpaired) electrons. The average Bonchev–Trinajstić information content (AvgIpc) is 2.80. The molecule has 8 heteroatoms. The van der Waals surface area contributed by atoms with Crippen LogP contribution in [-0.4, -0.2) is 31.5 Å². The van der Waals surface area contributed by atoms with E-state index in [1.807, 2.05) is 44.2 Å². The molecule has 0 spiro atoms. The Morgan fingerprint density at radius 2 is 1.59 bits per heavy atom. The fraction of sp³-hybridized carbons (Fsp3) is 0.448. The maximum Gasteiger partial charge on any atom is 0.264 e. The van der Waals surface area contributed by atoms with Crippen LogP contribution < -0.4 is 14.8 Å². The second kappa shape index (κ2) is 10.7. The number of rotatable bonds is 5. The minimum absolute atomic E-state index is 0.00826. The molecule has 2 aromatic carbocycles. The lowest BCUT2D eigenvalue weighted by Gasteiger charge is -2.37. The number of nitrogens with one attached hydrogen (secondary N) is 2. The molecule has 2 N–H and O–H groups in total. The number of hydrogen-bond donors (Lipinski definition) is 2. The van der Waals surface area contributed by atoms with Crippen LogP contribution in [0.25, 0.3) is 11.3 Å². The van der Waals surface area contributed by atoms with Crippen molar-refractivity contribution >= 4 is 21.7 Å². The van der Waals surface area contributed by atoms with Gasteiger partial charge in [-0.2, -0.15) is 4.98 Å². The molecule has 0 saturated carbocycles. The summed E-state index contributed by atoms with van der Waals surface area (Å²) >= 11 is 0. The Hall–Kier alpha value is -3.13. The summed E-state index contributed by atoms with van der Waals surface area (Å²) in [7, 11) is -3.92. The monoisotopic (exact) mass is 522 g/mol. The molecule has 1 aromatic heterocycles. The van der Waals surface area contributed by atoms with Gasteiger partial charge in [-0.1, -0.05) is 52.0 Å². The number of anilines is 2. The average molecular weight is 523 g/mol. The van der Waals surface area contributed by atoms with Crippen LogP contribution in [0.5, 0.6) is 5.88 Å². The van der Waals surface area contributed by atoms with Crippen LogP contribution >= 0.6 is 0 Å². The van der Waals surface area contributed by atoms with Crippen molar-refractivity contribution in [3.05, 3.63) is 59.7 Å². The smallest absolute Gasteiger partial charge is 0.264 e. The highest BCUT2D eigenvalue weighted by Crippen LogP contribution is 2.36. The summed E-state index contributed by atoms with van der Waals surface area (Å²) in [5, 5.41) is 3.51. The Labute approximate surface area is 221 Å². The van der Waals surface area contributed by atoms with E-state index in [-0.39, 0.29) is 16.3 Å². The van der Waals surface area contributed by atoms with E-state index >= 15 is 0 Å². The van der Waals surface area contributed by atoms with E-state index in [1.54, 1.807) is 18.2 Å². The predicted molar refractivity (Wildman–Crippen MR) is 150 cm³/mol. The largest absolute Gasteiger partial charge is 0.477 e. The molecular formula is C29H38N4O3S. The lowest BCUT2D eigenvalue weighted by atomic mass is 9.74. The van der Waals surface area contributed by atoms with Crippen molar-refractivity contribution in [2.45, 2.75) is 59.3 Å². The molecule has 0 atom stereocenters. The maximum atomic E-state index is 13.3. The zero-order chi connectivity index (χ0) is 26.8. The van der Waals surface area contributed by atoms with Crippen LogP contribution in [0.2, 0.25) is 0 Å². The molecule has 0 fully saturated rings. The van der Waals surface area contributed by atoms with Gasteiger partial charge in [-0.05, 0) is 67.9 Å². The third-order valence-corrected chi connectivity index (χ3v) is 8.01. The van der Waals surface area contributed by atoms with E-state index in [0.717, 1.165) is 35.2 Å². The lowest BCUT2D eigenvalue weighted by Crippen LogP contribution is -2.38. The van der Waals surface area contributed by atoms with Crippen molar-refractivity contribution in [1.82, 2.24) is 9.97 Å². The standard InChI is InChI=1S/C29H38N4O3S/c1-19(2)15-29(16-20(3)4)17-30-23-11-8-12-24(13-23)37(34,35)33-28-31-25(14-26(32-28)36-18-29)27-21(5)9-7-10-22(27)6/h7-14,19-20,30H,15-18H2,1-6H3,(H,31,32,33). The fourth-order valence-corrected chi connectivity index (χ4v) is 6.48. The highest BCUT2D eigenvalue weighted by molar-refractivity contribution is 7.92. The molecule has 4 rings (SSSR count). The quantitative estimate of drug-likeness (QED) is 0.400. The van der Waals surface area contributed by atoms with Gasteiger partial charge >= 0.3 is 0 Å². The minimum Gasteiger partial charge on any atom is -0.477 e. The zero-order valence-corrected chi connectivity index (χ0v) is 23.4. The van der Waals surface area contributed by atoms with Crippen molar-refractivity contribution in [2.24, 2.45) is 17.3 Å². The van der Waals surface area contributed by atoms with Crippen molar-refractivity contribution < 1.29 is 13.2 Å².